The fourth-order valence-electron chi connectivity index (χ4n) is 3.42. The average molecular weight is 359 g/mol. The minimum absolute atomic E-state index is 0.0568. The zero-order valence-electron chi connectivity index (χ0n) is 14.8. The number of aromatic amines is 2. The molecule has 0 aliphatic rings. The van der Waals surface area contributed by atoms with Gasteiger partial charge in [-0.25, -0.2) is 0 Å². The van der Waals surface area contributed by atoms with Crippen molar-refractivity contribution in [3.8, 4) is 11.1 Å². The van der Waals surface area contributed by atoms with Crippen LogP contribution < -0.4 is 11.1 Å². The number of aromatic nitrogens is 3. The molecule has 0 saturated carbocycles. The van der Waals surface area contributed by atoms with Gasteiger partial charge in [-0.15, -0.1) is 0 Å². The van der Waals surface area contributed by atoms with E-state index in [1.165, 1.54) is 0 Å². The minimum atomic E-state index is -0.283. The zero-order valence-corrected chi connectivity index (χ0v) is 14.8. The number of H-pyrrole nitrogens is 2. The van der Waals surface area contributed by atoms with Gasteiger partial charge >= 0.3 is 0 Å². The number of nitrogens with one attached hydrogen (secondary N) is 3. The molecule has 0 radical (unpaired) electrons. The quantitative estimate of drug-likeness (QED) is 0.423. The maximum absolute atomic E-state index is 13.0. The largest absolute Gasteiger partial charge is 0.359 e. The first-order chi connectivity index (χ1) is 13.3. The molecular weight excluding hydrogens is 338 g/mol. The number of hydrogen-bond acceptors (Lipinski definition) is 3. The second-order valence-corrected chi connectivity index (χ2v) is 6.45. The number of rotatable bonds is 6. The molecule has 0 fully saturated rings. The van der Waals surface area contributed by atoms with Crippen LogP contribution in [0, 0.1) is 0 Å². The van der Waals surface area contributed by atoms with Crippen molar-refractivity contribution in [3.05, 3.63) is 72.7 Å². The summed E-state index contributed by atoms with van der Waals surface area (Å²) in [5.74, 6) is -0.339. The van der Waals surface area contributed by atoms with E-state index in [9.17, 15) is 4.79 Å². The Bertz CT molecular complexity index is 1040. The van der Waals surface area contributed by atoms with E-state index in [2.05, 4.69) is 20.5 Å². The number of carbonyl (C=O) groups excluding carboxylic acids is 1. The lowest BCUT2D eigenvalue weighted by molar-refractivity contribution is -0.117. The zero-order chi connectivity index (χ0) is 18.6. The van der Waals surface area contributed by atoms with Crippen LogP contribution in [0.5, 0.6) is 0 Å². The van der Waals surface area contributed by atoms with E-state index in [0.717, 1.165) is 33.3 Å². The number of para-hydroxylation sites is 1. The number of benzene rings is 2. The van der Waals surface area contributed by atoms with Crippen molar-refractivity contribution < 1.29 is 4.79 Å². The highest BCUT2D eigenvalue weighted by Crippen LogP contribution is 2.32. The standard InChI is InChI=1S/C21H21N5O/c22-10-9-16(14-5-2-1-3-6-14)21(27)26-19-8-4-7-17-18(13-23-20(17)19)15-11-24-25-12-15/h1-8,11-13,16,23H,9-10,22H2,(H,24,25)(H,26,27). The van der Waals surface area contributed by atoms with Crippen LogP contribution in [0.3, 0.4) is 0 Å². The van der Waals surface area contributed by atoms with E-state index in [1.54, 1.807) is 6.20 Å². The van der Waals surface area contributed by atoms with E-state index in [1.807, 2.05) is 60.9 Å². The lowest BCUT2D eigenvalue weighted by Crippen LogP contribution is -2.23. The highest BCUT2D eigenvalue weighted by molar-refractivity contribution is 6.07. The predicted octanol–water partition coefficient (Wildman–Crippen LogP) is 3.63. The SMILES string of the molecule is NCCC(C(=O)Nc1cccc2c(-c3cn[nH]c3)c[nH]c12)c1ccccc1. The molecule has 1 amide bonds. The van der Waals surface area contributed by atoms with Gasteiger partial charge in [0.25, 0.3) is 0 Å². The van der Waals surface area contributed by atoms with Crippen LogP contribution in [0.2, 0.25) is 0 Å². The van der Waals surface area contributed by atoms with Crippen molar-refractivity contribution >= 4 is 22.5 Å². The molecule has 5 N–H and O–H groups in total. The molecule has 0 bridgehead atoms. The van der Waals surface area contributed by atoms with Crippen molar-refractivity contribution in [2.75, 3.05) is 11.9 Å². The van der Waals surface area contributed by atoms with Crippen molar-refractivity contribution in [2.45, 2.75) is 12.3 Å². The van der Waals surface area contributed by atoms with E-state index >= 15 is 0 Å². The second kappa shape index (κ2) is 7.47. The minimum Gasteiger partial charge on any atom is -0.359 e. The van der Waals surface area contributed by atoms with Gasteiger partial charge < -0.3 is 16.0 Å². The molecule has 0 aliphatic heterocycles. The van der Waals surface area contributed by atoms with E-state index in [0.29, 0.717) is 13.0 Å². The van der Waals surface area contributed by atoms with Gasteiger partial charge in [0.1, 0.15) is 0 Å². The van der Waals surface area contributed by atoms with Gasteiger partial charge in [0.05, 0.1) is 23.3 Å². The monoisotopic (exact) mass is 359 g/mol. The van der Waals surface area contributed by atoms with Gasteiger partial charge in [0.2, 0.25) is 5.91 Å². The van der Waals surface area contributed by atoms with E-state index in [-0.39, 0.29) is 11.8 Å². The first-order valence-corrected chi connectivity index (χ1v) is 8.93. The molecule has 0 aliphatic carbocycles. The Hall–Kier alpha value is -3.38. The summed E-state index contributed by atoms with van der Waals surface area (Å²) < 4.78 is 0. The number of hydrogen-bond donors (Lipinski definition) is 4. The third-order valence-corrected chi connectivity index (χ3v) is 4.76. The van der Waals surface area contributed by atoms with Crippen molar-refractivity contribution in [1.29, 1.82) is 0 Å². The highest BCUT2D eigenvalue weighted by atomic mass is 16.1. The molecule has 136 valence electrons. The van der Waals surface area contributed by atoms with Gasteiger partial charge in [-0.1, -0.05) is 42.5 Å². The fraction of sp³-hybridized carbons (Fsp3) is 0.143. The number of fused-ring (bicyclic) bond motifs is 1. The van der Waals surface area contributed by atoms with Gasteiger partial charge in [-0.05, 0) is 24.6 Å². The Balaban J connectivity index is 1.65. The van der Waals surface area contributed by atoms with Crippen molar-refractivity contribution in [2.24, 2.45) is 5.73 Å². The second-order valence-electron chi connectivity index (χ2n) is 6.45. The first-order valence-electron chi connectivity index (χ1n) is 8.93. The first kappa shape index (κ1) is 17.1. The molecule has 4 aromatic rings. The van der Waals surface area contributed by atoms with Crippen LogP contribution in [0.15, 0.2) is 67.1 Å². The number of amides is 1. The number of nitrogens with two attached hydrogens (primary N) is 1. The van der Waals surface area contributed by atoms with Crippen LogP contribution in [-0.2, 0) is 4.79 Å². The number of anilines is 1. The Kier molecular flexibility index (Phi) is 4.72. The van der Waals surface area contributed by atoms with Crippen molar-refractivity contribution in [3.63, 3.8) is 0 Å². The van der Waals surface area contributed by atoms with Gasteiger partial charge in [-0.3, -0.25) is 9.89 Å². The van der Waals surface area contributed by atoms with Crippen molar-refractivity contribution in [1.82, 2.24) is 15.2 Å². The van der Waals surface area contributed by atoms with Gasteiger partial charge in [-0.2, -0.15) is 5.10 Å². The highest BCUT2D eigenvalue weighted by Gasteiger charge is 2.21. The van der Waals surface area contributed by atoms with E-state index < -0.39 is 0 Å². The summed E-state index contributed by atoms with van der Waals surface area (Å²) >= 11 is 0. The Morgan fingerprint density at radius 2 is 1.96 bits per heavy atom. The Morgan fingerprint density at radius 1 is 1.11 bits per heavy atom. The smallest absolute Gasteiger partial charge is 0.232 e. The molecule has 2 aromatic heterocycles. The Morgan fingerprint density at radius 3 is 2.70 bits per heavy atom. The molecule has 1 atom stereocenters. The molecule has 2 aromatic carbocycles. The predicted molar refractivity (Wildman–Crippen MR) is 107 cm³/mol. The summed E-state index contributed by atoms with van der Waals surface area (Å²) in [4.78, 5) is 16.3. The van der Waals surface area contributed by atoms with Gasteiger partial charge in [0.15, 0.2) is 0 Å². The number of carbonyl (C=O) groups is 1. The Labute approximate surface area is 156 Å². The lowest BCUT2D eigenvalue weighted by atomic mass is 9.94. The summed E-state index contributed by atoms with van der Waals surface area (Å²) in [6.07, 6.45) is 6.15. The fourth-order valence-corrected chi connectivity index (χ4v) is 3.42. The normalized spacial score (nSPS) is 12.2. The molecule has 4 rings (SSSR count). The maximum Gasteiger partial charge on any atom is 0.232 e. The van der Waals surface area contributed by atoms with Crippen LogP contribution in [0.1, 0.15) is 17.9 Å². The molecule has 6 heteroatoms. The van der Waals surface area contributed by atoms with Crippen LogP contribution in [0.25, 0.3) is 22.0 Å². The molecule has 6 nitrogen and oxygen atoms in total. The molecular formula is C21H21N5O. The molecule has 1 unspecified atom stereocenters. The maximum atomic E-state index is 13.0. The summed E-state index contributed by atoms with van der Waals surface area (Å²) in [6, 6.07) is 15.6. The molecule has 0 saturated heterocycles. The summed E-state index contributed by atoms with van der Waals surface area (Å²) in [7, 11) is 0. The summed E-state index contributed by atoms with van der Waals surface area (Å²) in [6.45, 7) is 0.449. The van der Waals surface area contributed by atoms with Crippen LogP contribution >= 0.6 is 0 Å². The summed E-state index contributed by atoms with van der Waals surface area (Å²) in [5.41, 5.74) is 10.4. The van der Waals surface area contributed by atoms with Crippen LogP contribution in [-0.4, -0.2) is 27.6 Å². The molecule has 27 heavy (non-hydrogen) atoms. The molecule has 0 spiro atoms. The number of nitrogens with zero attached hydrogens (tertiary/aromatic N) is 1. The third-order valence-electron chi connectivity index (χ3n) is 4.76. The lowest BCUT2D eigenvalue weighted by Gasteiger charge is -2.17. The van der Waals surface area contributed by atoms with E-state index in [4.69, 9.17) is 5.73 Å². The molecule has 2 heterocycles. The topological polar surface area (TPSA) is 99.6 Å². The summed E-state index contributed by atoms with van der Waals surface area (Å²) in [5, 5.41) is 11.0. The van der Waals surface area contributed by atoms with Crippen LogP contribution in [0.4, 0.5) is 5.69 Å². The third kappa shape index (κ3) is 3.35. The van der Waals surface area contributed by atoms with Gasteiger partial charge in [0, 0.05) is 28.9 Å². The average Bonchev–Trinajstić information content (AvgIpc) is 3.36.